The van der Waals surface area contributed by atoms with E-state index in [1.807, 2.05) is 20.2 Å². The van der Waals surface area contributed by atoms with E-state index in [0.717, 1.165) is 17.3 Å². The summed E-state index contributed by atoms with van der Waals surface area (Å²) in [7, 11) is 1.82. The fraction of sp³-hybridized carbons (Fsp3) is 0.250. The largest absolute Gasteiger partial charge is 0.378 e. The van der Waals surface area contributed by atoms with Gasteiger partial charge in [-0.3, -0.25) is 4.68 Å². The summed E-state index contributed by atoms with van der Waals surface area (Å²) in [5, 5.41) is 7.12. The van der Waals surface area contributed by atoms with Crippen LogP contribution in [0.2, 0.25) is 0 Å². The van der Waals surface area contributed by atoms with E-state index < -0.39 is 11.6 Å². The van der Waals surface area contributed by atoms with Crippen molar-refractivity contribution in [1.29, 1.82) is 0 Å². The van der Waals surface area contributed by atoms with Gasteiger partial charge >= 0.3 is 0 Å². The normalized spacial score (nSPS) is 10.7. The first-order valence-corrected chi connectivity index (χ1v) is 6.14. The maximum atomic E-state index is 13.5. The SMILES string of the molecule is Cc1nn(C)cc1CNc1cc(Br)c(F)cc1F. The molecule has 0 amide bonds. The van der Waals surface area contributed by atoms with Crippen LogP contribution in [0.5, 0.6) is 0 Å². The second-order valence-corrected chi connectivity index (χ2v) is 4.87. The number of benzene rings is 1. The van der Waals surface area contributed by atoms with Gasteiger partial charge in [0.25, 0.3) is 0 Å². The van der Waals surface area contributed by atoms with E-state index in [4.69, 9.17) is 0 Å². The Balaban J connectivity index is 2.15. The molecule has 18 heavy (non-hydrogen) atoms. The van der Waals surface area contributed by atoms with Crippen LogP contribution in [-0.2, 0) is 13.6 Å². The Labute approximate surface area is 112 Å². The number of rotatable bonds is 3. The minimum Gasteiger partial charge on any atom is -0.378 e. The standard InChI is InChI=1S/C12H12BrF2N3/c1-7-8(6-18(2)17-7)5-16-12-3-9(13)10(14)4-11(12)15/h3-4,6,16H,5H2,1-2H3. The second kappa shape index (κ2) is 5.06. The van der Waals surface area contributed by atoms with Crippen LogP contribution in [0.4, 0.5) is 14.5 Å². The third-order valence-electron chi connectivity index (χ3n) is 2.59. The summed E-state index contributed by atoms with van der Waals surface area (Å²) in [5.41, 5.74) is 2.11. The zero-order chi connectivity index (χ0) is 13.3. The molecule has 0 radical (unpaired) electrons. The summed E-state index contributed by atoms with van der Waals surface area (Å²) in [6.45, 7) is 2.32. The minimum atomic E-state index is -0.615. The molecular weight excluding hydrogens is 304 g/mol. The second-order valence-electron chi connectivity index (χ2n) is 4.01. The van der Waals surface area contributed by atoms with Crippen LogP contribution < -0.4 is 5.32 Å². The topological polar surface area (TPSA) is 29.9 Å². The molecule has 2 rings (SSSR count). The highest BCUT2D eigenvalue weighted by Gasteiger charge is 2.09. The lowest BCUT2D eigenvalue weighted by molar-refractivity contribution is 0.580. The summed E-state index contributed by atoms with van der Waals surface area (Å²) >= 11 is 3.03. The van der Waals surface area contributed by atoms with Gasteiger partial charge in [0.15, 0.2) is 0 Å². The first kappa shape index (κ1) is 13.0. The lowest BCUT2D eigenvalue weighted by Crippen LogP contribution is -2.02. The lowest BCUT2D eigenvalue weighted by atomic mass is 10.2. The molecule has 0 fully saturated rings. The average Bonchev–Trinajstić information content (AvgIpc) is 2.61. The number of aryl methyl sites for hydroxylation is 2. The van der Waals surface area contributed by atoms with Crippen molar-refractivity contribution in [2.75, 3.05) is 5.32 Å². The van der Waals surface area contributed by atoms with Gasteiger partial charge in [-0.1, -0.05) is 0 Å². The molecule has 0 spiro atoms. The summed E-state index contributed by atoms with van der Waals surface area (Å²) in [6, 6.07) is 2.24. The van der Waals surface area contributed by atoms with Crippen molar-refractivity contribution in [1.82, 2.24) is 9.78 Å². The van der Waals surface area contributed by atoms with Gasteiger partial charge in [-0.2, -0.15) is 5.10 Å². The van der Waals surface area contributed by atoms with Crippen molar-refractivity contribution in [3.63, 3.8) is 0 Å². The van der Waals surface area contributed by atoms with E-state index in [1.54, 1.807) is 4.68 Å². The zero-order valence-electron chi connectivity index (χ0n) is 9.97. The maximum absolute atomic E-state index is 13.5. The summed E-state index contributed by atoms with van der Waals surface area (Å²) in [4.78, 5) is 0. The van der Waals surface area contributed by atoms with Crippen LogP contribution in [0.15, 0.2) is 22.8 Å². The fourth-order valence-corrected chi connectivity index (χ4v) is 2.01. The Bertz CT molecular complexity index is 581. The highest BCUT2D eigenvalue weighted by Crippen LogP contribution is 2.24. The number of hydrogen-bond donors (Lipinski definition) is 1. The number of anilines is 1. The molecule has 0 saturated heterocycles. The quantitative estimate of drug-likeness (QED) is 0.880. The van der Waals surface area contributed by atoms with Gasteiger partial charge in [0.05, 0.1) is 15.9 Å². The molecule has 0 atom stereocenters. The predicted octanol–water partition coefficient (Wildman–Crippen LogP) is 3.38. The third kappa shape index (κ3) is 2.69. The van der Waals surface area contributed by atoms with Crippen LogP contribution in [0.1, 0.15) is 11.3 Å². The van der Waals surface area contributed by atoms with E-state index in [2.05, 4.69) is 26.3 Å². The van der Waals surface area contributed by atoms with Gasteiger partial charge in [0, 0.05) is 31.4 Å². The summed E-state index contributed by atoms with van der Waals surface area (Å²) in [5.74, 6) is -1.23. The molecule has 1 aromatic carbocycles. The first-order valence-electron chi connectivity index (χ1n) is 5.35. The number of hydrogen-bond acceptors (Lipinski definition) is 2. The molecule has 6 heteroatoms. The van der Waals surface area contributed by atoms with Crippen molar-refractivity contribution in [2.45, 2.75) is 13.5 Å². The highest BCUT2D eigenvalue weighted by atomic mass is 79.9. The molecule has 1 N–H and O–H groups in total. The van der Waals surface area contributed by atoms with Crippen molar-refractivity contribution >= 4 is 21.6 Å². The van der Waals surface area contributed by atoms with E-state index in [1.165, 1.54) is 6.07 Å². The van der Waals surface area contributed by atoms with E-state index in [-0.39, 0.29) is 10.2 Å². The summed E-state index contributed by atoms with van der Waals surface area (Å²) in [6.07, 6.45) is 1.86. The van der Waals surface area contributed by atoms with E-state index in [9.17, 15) is 8.78 Å². The van der Waals surface area contributed by atoms with Crippen LogP contribution in [0, 0.1) is 18.6 Å². The maximum Gasteiger partial charge on any atom is 0.149 e. The zero-order valence-corrected chi connectivity index (χ0v) is 11.6. The van der Waals surface area contributed by atoms with Gasteiger partial charge in [0.1, 0.15) is 11.6 Å². The predicted molar refractivity (Wildman–Crippen MR) is 69.3 cm³/mol. The van der Waals surface area contributed by atoms with Gasteiger partial charge in [-0.05, 0) is 28.9 Å². The lowest BCUT2D eigenvalue weighted by Gasteiger charge is -2.08. The summed E-state index contributed by atoms with van der Waals surface area (Å²) < 4.78 is 28.5. The number of nitrogens with one attached hydrogen (secondary N) is 1. The fourth-order valence-electron chi connectivity index (χ4n) is 1.67. The van der Waals surface area contributed by atoms with Gasteiger partial charge in [-0.25, -0.2) is 8.78 Å². The highest BCUT2D eigenvalue weighted by molar-refractivity contribution is 9.10. The molecule has 0 unspecified atom stereocenters. The van der Waals surface area contributed by atoms with Crippen LogP contribution >= 0.6 is 15.9 Å². The Morgan fingerprint density at radius 3 is 2.67 bits per heavy atom. The van der Waals surface area contributed by atoms with Gasteiger partial charge in [0.2, 0.25) is 0 Å². The molecule has 0 bridgehead atoms. The van der Waals surface area contributed by atoms with Crippen molar-refractivity contribution in [2.24, 2.45) is 7.05 Å². The van der Waals surface area contributed by atoms with E-state index in [0.29, 0.717) is 6.54 Å². The van der Waals surface area contributed by atoms with Gasteiger partial charge in [-0.15, -0.1) is 0 Å². The molecular formula is C12H12BrF2N3. The number of aromatic nitrogens is 2. The van der Waals surface area contributed by atoms with Crippen molar-refractivity contribution in [3.05, 3.63) is 45.7 Å². The monoisotopic (exact) mass is 315 g/mol. The first-order chi connectivity index (χ1) is 8.47. The molecule has 0 aliphatic heterocycles. The van der Waals surface area contributed by atoms with Crippen LogP contribution in [0.25, 0.3) is 0 Å². The Kier molecular flexibility index (Phi) is 3.65. The molecule has 1 aromatic heterocycles. The smallest absolute Gasteiger partial charge is 0.149 e. The molecule has 1 heterocycles. The Morgan fingerprint density at radius 1 is 1.33 bits per heavy atom. The number of halogens is 3. The van der Waals surface area contributed by atoms with Crippen molar-refractivity contribution in [3.8, 4) is 0 Å². The van der Waals surface area contributed by atoms with Crippen LogP contribution in [-0.4, -0.2) is 9.78 Å². The Hall–Kier alpha value is -1.43. The average molecular weight is 316 g/mol. The van der Waals surface area contributed by atoms with Crippen molar-refractivity contribution < 1.29 is 8.78 Å². The van der Waals surface area contributed by atoms with E-state index >= 15 is 0 Å². The molecule has 0 aliphatic carbocycles. The van der Waals surface area contributed by atoms with Crippen LogP contribution in [0.3, 0.4) is 0 Å². The van der Waals surface area contributed by atoms with Gasteiger partial charge < -0.3 is 5.32 Å². The molecule has 2 aromatic rings. The molecule has 3 nitrogen and oxygen atoms in total. The Morgan fingerprint density at radius 2 is 2.06 bits per heavy atom. The molecule has 0 aliphatic rings. The third-order valence-corrected chi connectivity index (χ3v) is 3.20. The number of nitrogens with zero attached hydrogens (tertiary/aromatic N) is 2. The molecule has 96 valence electrons. The molecule has 0 saturated carbocycles. The minimum absolute atomic E-state index is 0.231.